The highest BCUT2D eigenvalue weighted by atomic mass is 32.2. The summed E-state index contributed by atoms with van der Waals surface area (Å²) < 4.78 is 65.3. The van der Waals surface area contributed by atoms with Crippen molar-refractivity contribution in [1.82, 2.24) is 9.97 Å². The molecule has 9 heteroatoms. The standard InChI is InChI=1S/C19H16F3N3O2S/c1-18(2,3)17-15(28(26)27)14(11(8-23)16(25-17)19(20,21)22)12-9-24-13-7-5-4-6-10(12)13/h4-7,9,24H,1-3H3,(H,26,27)/p-1. The number of fused-ring (bicyclic) bond motifs is 1. The topological polar surface area (TPSA) is 92.6 Å². The van der Waals surface area contributed by atoms with E-state index >= 15 is 0 Å². The van der Waals surface area contributed by atoms with Gasteiger partial charge in [-0.3, -0.25) is 4.21 Å². The van der Waals surface area contributed by atoms with Crippen LogP contribution < -0.4 is 0 Å². The number of para-hydroxylation sites is 1. The Bertz CT molecular complexity index is 1140. The summed E-state index contributed by atoms with van der Waals surface area (Å²) in [5, 5.41) is 10.0. The van der Waals surface area contributed by atoms with E-state index in [1.807, 2.05) is 0 Å². The van der Waals surface area contributed by atoms with Crippen molar-refractivity contribution in [3.63, 3.8) is 0 Å². The van der Waals surface area contributed by atoms with Crippen molar-refractivity contribution in [2.24, 2.45) is 0 Å². The molecule has 0 spiro atoms. The molecule has 0 radical (unpaired) electrons. The molecule has 1 aromatic carbocycles. The Hall–Kier alpha value is -2.70. The molecule has 0 saturated carbocycles. The van der Waals surface area contributed by atoms with Gasteiger partial charge in [0.15, 0.2) is 5.69 Å². The van der Waals surface area contributed by atoms with Crippen molar-refractivity contribution >= 4 is 22.0 Å². The largest absolute Gasteiger partial charge is 0.768 e. The van der Waals surface area contributed by atoms with Gasteiger partial charge in [-0.1, -0.05) is 39.0 Å². The summed E-state index contributed by atoms with van der Waals surface area (Å²) >= 11 is -2.92. The average Bonchev–Trinajstić information content (AvgIpc) is 3.01. The maximum atomic E-state index is 13.7. The predicted molar refractivity (Wildman–Crippen MR) is 97.1 cm³/mol. The third kappa shape index (κ3) is 3.30. The van der Waals surface area contributed by atoms with Gasteiger partial charge in [0, 0.05) is 33.6 Å². The molecular weight excluding hydrogens is 391 g/mol. The van der Waals surface area contributed by atoms with E-state index in [1.54, 1.807) is 45.0 Å². The molecule has 3 rings (SSSR count). The number of hydrogen-bond acceptors (Lipinski definition) is 4. The molecule has 0 aliphatic heterocycles. The number of benzene rings is 1. The first kappa shape index (κ1) is 20.0. The van der Waals surface area contributed by atoms with E-state index < -0.39 is 38.8 Å². The lowest BCUT2D eigenvalue weighted by atomic mass is 9.87. The van der Waals surface area contributed by atoms with E-state index in [0.717, 1.165) is 0 Å². The van der Waals surface area contributed by atoms with E-state index in [4.69, 9.17) is 0 Å². The molecular formula is C19H15F3N3O2S-. The second-order valence-electron chi connectivity index (χ2n) is 7.23. The highest BCUT2D eigenvalue weighted by Gasteiger charge is 2.40. The van der Waals surface area contributed by atoms with Crippen LogP contribution in [0.2, 0.25) is 0 Å². The number of halogens is 3. The van der Waals surface area contributed by atoms with Crippen LogP contribution in [0.5, 0.6) is 0 Å². The average molecular weight is 406 g/mol. The second-order valence-corrected chi connectivity index (χ2v) is 8.11. The highest BCUT2D eigenvalue weighted by Crippen LogP contribution is 2.43. The lowest BCUT2D eigenvalue weighted by Gasteiger charge is -2.27. The molecule has 1 N–H and O–H groups in total. The monoisotopic (exact) mass is 406 g/mol. The quantitative estimate of drug-likeness (QED) is 0.627. The van der Waals surface area contributed by atoms with Crippen LogP contribution in [-0.2, 0) is 22.7 Å². The number of pyridine rings is 1. The number of nitrogens with zero attached hydrogens (tertiary/aromatic N) is 2. The Morgan fingerprint density at radius 2 is 1.82 bits per heavy atom. The fraction of sp³-hybridized carbons (Fsp3) is 0.263. The molecule has 1 atom stereocenters. The molecule has 1 unspecified atom stereocenters. The number of alkyl halides is 3. The molecule has 0 bridgehead atoms. The molecule has 28 heavy (non-hydrogen) atoms. The van der Waals surface area contributed by atoms with Gasteiger partial charge in [0.05, 0.1) is 16.2 Å². The summed E-state index contributed by atoms with van der Waals surface area (Å²) in [4.78, 5) is 6.11. The number of H-pyrrole nitrogens is 1. The number of hydrogen-bond donors (Lipinski definition) is 1. The van der Waals surface area contributed by atoms with E-state index in [1.165, 1.54) is 12.3 Å². The van der Waals surface area contributed by atoms with Gasteiger partial charge in [0.1, 0.15) is 6.07 Å². The van der Waals surface area contributed by atoms with Crippen molar-refractivity contribution in [3.8, 4) is 17.2 Å². The van der Waals surface area contributed by atoms with Gasteiger partial charge in [-0.2, -0.15) is 18.4 Å². The summed E-state index contributed by atoms with van der Waals surface area (Å²) in [7, 11) is 0. The lowest BCUT2D eigenvalue weighted by molar-refractivity contribution is -0.141. The molecule has 0 aliphatic rings. The molecule has 146 valence electrons. The van der Waals surface area contributed by atoms with Gasteiger partial charge in [0.25, 0.3) is 0 Å². The Labute approximate surface area is 161 Å². The predicted octanol–water partition coefficient (Wildman–Crippen LogP) is 4.66. The molecule has 2 aromatic heterocycles. The van der Waals surface area contributed by atoms with Gasteiger partial charge in [0.2, 0.25) is 0 Å². The molecule has 5 nitrogen and oxygen atoms in total. The minimum absolute atomic E-state index is 0.199. The number of nitrogens with one attached hydrogen (secondary N) is 1. The van der Waals surface area contributed by atoms with Gasteiger partial charge in [-0.15, -0.1) is 0 Å². The smallest absolute Gasteiger partial charge is 0.434 e. The zero-order chi connectivity index (χ0) is 20.9. The van der Waals surface area contributed by atoms with Crippen LogP contribution in [0.1, 0.15) is 37.7 Å². The molecule has 0 fully saturated rings. The maximum absolute atomic E-state index is 13.7. The Morgan fingerprint density at radius 3 is 2.36 bits per heavy atom. The van der Waals surface area contributed by atoms with Crippen molar-refractivity contribution in [2.45, 2.75) is 37.3 Å². The molecule has 3 aromatic rings. The van der Waals surface area contributed by atoms with Gasteiger partial charge >= 0.3 is 6.18 Å². The van der Waals surface area contributed by atoms with Gasteiger partial charge in [-0.05, 0) is 17.1 Å². The number of aromatic nitrogens is 2. The first-order valence-corrected chi connectivity index (χ1v) is 9.25. The van der Waals surface area contributed by atoms with Crippen LogP contribution in [0.4, 0.5) is 13.2 Å². The summed E-state index contributed by atoms with van der Waals surface area (Å²) in [6, 6.07) is 8.28. The van der Waals surface area contributed by atoms with Crippen LogP contribution >= 0.6 is 0 Å². The van der Waals surface area contributed by atoms with E-state index in [9.17, 15) is 27.2 Å². The zero-order valence-corrected chi connectivity index (χ0v) is 16.0. The minimum Gasteiger partial charge on any atom is -0.768 e. The number of nitriles is 1. The summed E-state index contributed by atoms with van der Waals surface area (Å²) in [5.41, 5.74) is -2.95. The second kappa shape index (κ2) is 6.72. The summed E-state index contributed by atoms with van der Waals surface area (Å²) in [6.45, 7) is 4.70. The van der Waals surface area contributed by atoms with Crippen LogP contribution in [0.3, 0.4) is 0 Å². The van der Waals surface area contributed by atoms with E-state index in [2.05, 4.69) is 9.97 Å². The maximum Gasteiger partial charge on any atom is 0.434 e. The normalized spacial score (nSPS) is 13.5. The molecule has 0 saturated heterocycles. The Morgan fingerprint density at radius 1 is 1.18 bits per heavy atom. The van der Waals surface area contributed by atoms with Crippen LogP contribution in [0, 0.1) is 11.3 Å². The van der Waals surface area contributed by atoms with Gasteiger partial charge in [-0.25, -0.2) is 4.98 Å². The third-order valence-electron chi connectivity index (χ3n) is 4.27. The van der Waals surface area contributed by atoms with Crippen molar-refractivity contribution < 1.29 is 21.9 Å². The summed E-state index contributed by atoms with van der Waals surface area (Å²) in [6.07, 6.45) is -3.52. The van der Waals surface area contributed by atoms with Crippen LogP contribution in [0.15, 0.2) is 35.4 Å². The minimum atomic E-state index is -4.92. The fourth-order valence-electron chi connectivity index (χ4n) is 3.09. The van der Waals surface area contributed by atoms with E-state index in [-0.39, 0.29) is 16.8 Å². The first-order valence-electron chi connectivity index (χ1n) is 8.18. The molecule has 0 aliphatic carbocycles. The number of rotatable bonds is 2. The third-order valence-corrected chi connectivity index (χ3v) is 5.00. The summed E-state index contributed by atoms with van der Waals surface area (Å²) in [5.74, 6) is 0. The van der Waals surface area contributed by atoms with Crippen molar-refractivity contribution in [1.29, 1.82) is 5.26 Å². The first-order chi connectivity index (χ1) is 13.0. The number of aromatic amines is 1. The van der Waals surface area contributed by atoms with Crippen molar-refractivity contribution in [3.05, 3.63) is 47.4 Å². The molecule has 0 amide bonds. The molecule has 2 heterocycles. The Balaban J connectivity index is 2.60. The van der Waals surface area contributed by atoms with Crippen molar-refractivity contribution in [2.75, 3.05) is 0 Å². The van der Waals surface area contributed by atoms with Crippen LogP contribution in [0.25, 0.3) is 22.0 Å². The van der Waals surface area contributed by atoms with Crippen LogP contribution in [-0.4, -0.2) is 18.7 Å². The van der Waals surface area contributed by atoms with Gasteiger partial charge < -0.3 is 9.54 Å². The zero-order valence-electron chi connectivity index (χ0n) is 15.1. The Kier molecular flexibility index (Phi) is 4.81. The lowest BCUT2D eigenvalue weighted by Crippen LogP contribution is -2.23. The SMILES string of the molecule is CC(C)(C)c1nc(C(F)(F)F)c(C#N)c(-c2c[nH]c3ccccc23)c1S(=O)[O-]. The highest BCUT2D eigenvalue weighted by molar-refractivity contribution is 7.79. The van der Waals surface area contributed by atoms with E-state index in [0.29, 0.717) is 10.9 Å². The fourth-order valence-corrected chi connectivity index (χ4v) is 3.98.